The van der Waals surface area contributed by atoms with Crippen molar-refractivity contribution in [2.45, 2.75) is 18.9 Å². The van der Waals surface area contributed by atoms with E-state index in [1.54, 1.807) is 0 Å². The van der Waals surface area contributed by atoms with E-state index in [1.165, 1.54) is 18.4 Å². The fraction of sp³-hybridized carbons (Fsp3) is 0.538. The zero-order valence-corrected chi connectivity index (χ0v) is 9.28. The SMILES string of the molecule is CNC[C@H]1CCCO[C@@H]1c1ccccc1. The lowest BCUT2D eigenvalue weighted by atomic mass is 9.89. The Bertz CT molecular complexity index is 284. The van der Waals surface area contributed by atoms with Gasteiger partial charge in [0.2, 0.25) is 0 Å². The highest BCUT2D eigenvalue weighted by Gasteiger charge is 2.26. The minimum absolute atomic E-state index is 0.285. The molecule has 0 radical (unpaired) electrons. The molecule has 1 fully saturated rings. The van der Waals surface area contributed by atoms with E-state index in [2.05, 4.69) is 35.6 Å². The lowest BCUT2D eigenvalue weighted by molar-refractivity contribution is -0.0272. The Morgan fingerprint density at radius 3 is 2.87 bits per heavy atom. The molecule has 1 heterocycles. The molecule has 2 atom stereocenters. The molecular weight excluding hydrogens is 186 g/mol. The van der Waals surface area contributed by atoms with Gasteiger partial charge in [-0.2, -0.15) is 0 Å². The van der Waals surface area contributed by atoms with Crippen LogP contribution in [0.3, 0.4) is 0 Å². The largest absolute Gasteiger partial charge is 0.373 e. The average molecular weight is 205 g/mol. The van der Waals surface area contributed by atoms with Crippen molar-refractivity contribution in [1.82, 2.24) is 5.32 Å². The van der Waals surface area contributed by atoms with Crippen molar-refractivity contribution in [2.24, 2.45) is 5.92 Å². The third-order valence-corrected chi connectivity index (χ3v) is 3.04. The molecule has 1 aliphatic rings. The summed E-state index contributed by atoms with van der Waals surface area (Å²) < 4.78 is 5.89. The molecule has 0 bridgehead atoms. The summed E-state index contributed by atoms with van der Waals surface area (Å²) in [7, 11) is 2.01. The van der Waals surface area contributed by atoms with E-state index >= 15 is 0 Å². The van der Waals surface area contributed by atoms with Crippen molar-refractivity contribution < 1.29 is 4.74 Å². The van der Waals surface area contributed by atoms with Gasteiger partial charge in [-0.05, 0) is 25.5 Å². The first-order valence-electron chi connectivity index (χ1n) is 5.73. The summed E-state index contributed by atoms with van der Waals surface area (Å²) in [6.45, 7) is 1.94. The fourth-order valence-corrected chi connectivity index (χ4v) is 2.33. The van der Waals surface area contributed by atoms with Crippen LogP contribution in [0.25, 0.3) is 0 Å². The van der Waals surface area contributed by atoms with Crippen LogP contribution in [-0.2, 0) is 4.74 Å². The van der Waals surface area contributed by atoms with Crippen LogP contribution in [0.2, 0.25) is 0 Å². The molecule has 2 nitrogen and oxygen atoms in total. The van der Waals surface area contributed by atoms with Crippen molar-refractivity contribution in [3.63, 3.8) is 0 Å². The van der Waals surface area contributed by atoms with Crippen molar-refractivity contribution in [2.75, 3.05) is 20.2 Å². The normalized spacial score (nSPS) is 26.5. The minimum atomic E-state index is 0.285. The number of nitrogens with one attached hydrogen (secondary N) is 1. The van der Waals surface area contributed by atoms with Crippen molar-refractivity contribution >= 4 is 0 Å². The molecule has 0 unspecified atom stereocenters. The molecule has 0 aliphatic carbocycles. The minimum Gasteiger partial charge on any atom is -0.373 e. The van der Waals surface area contributed by atoms with Crippen LogP contribution < -0.4 is 5.32 Å². The lowest BCUT2D eigenvalue weighted by Crippen LogP contribution is -2.30. The van der Waals surface area contributed by atoms with E-state index in [1.807, 2.05) is 7.05 Å². The molecule has 15 heavy (non-hydrogen) atoms. The van der Waals surface area contributed by atoms with Gasteiger partial charge >= 0.3 is 0 Å². The maximum Gasteiger partial charge on any atom is 0.0865 e. The molecule has 0 spiro atoms. The van der Waals surface area contributed by atoms with Crippen LogP contribution >= 0.6 is 0 Å². The van der Waals surface area contributed by atoms with Gasteiger partial charge in [-0.15, -0.1) is 0 Å². The van der Waals surface area contributed by atoms with Gasteiger partial charge in [0, 0.05) is 19.1 Å². The van der Waals surface area contributed by atoms with E-state index in [4.69, 9.17) is 4.74 Å². The van der Waals surface area contributed by atoms with E-state index in [0.29, 0.717) is 5.92 Å². The van der Waals surface area contributed by atoms with Gasteiger partial charge in [-0.3, -0.25) is 0 Å². The Morgan fingerprint density at radius 2 is 2.13 bits per heavy atom. The molecule has 1 saturated heterocycles. The van der Waals surface area contributed by atoms with Gasteiger partial charge in [0.15, 0.2) is 0 Å². The summed E-state index contributed by atoms with van der Waals surface area (Å²) in [5.41, 5.74) is 1.32. The van der Waals surface area contributed by atoms with Crippen LogP contribution in [0.1, 0.15) is 24.5 Å². The van der Waals surface area contributed by atoms with Gasteiger partial charge in [-0.25, -0.2) is 0 Å². The highest BCUT2D eigenvalue weighted by Crippen LogP contribution is 2.32. The van der Waals surface area contributed by atoms with Crippen LogP contribution in [0.15, 0.2) is 30.3 Å². The Hall–Kier alpha value is -0.860. The maximum atomic E-state index is 5.89. The maximum absolute atomic E-state index is 5.89. The Balaban J connectivity index is 2.11. The summed E-state index contributed by atoms with van der Waals surface area (Å²) in [5, 5.41) is 3.26. The van der Waals surface area contributed by atoms with Crippen molar-refractivity contribution in [1.29, 1.82) is 0 Å². The number of ether oxygens (including phenoxy) is 1. The van der Waals surface area contributed by atoms with Gasteiger partial charge in [0.1, 0.15) is 0 Å². The molecule has 0 aromatic heterocycles. The molecule has 2 rings (SSSR count). The predicted molar refractivity (Wildman–Crippen MR) is 61.8 cm³/mol. The Morgan fingerprint density at radius 1 is 1.33 bits per heavy atom. The second-order valence-corrected chi connectivity index (χ2v) is 4.16. The number of rotatable bonds is 3. The molecule has 82 valence electrons. The number of benzene rings is 1. The highest BCUT2D eigenvalue weighted by atomic mass is 16.5. The summed E-state index contributed by atoms with van der Waals surface area (Å²) in [5.74, 6) is 0.617. The topological polar surface area (TPSA) is 21.3 Å². The second-order valence-electron chi connectivity index (χ2n) is 4.16. The standard InChI is InChI=1S/C13H19NO/c1-14-10-12-8-5-9-15-13(12)11-6-3-2-4-7-11/h2-4,6-7,12-14H,5,8-10H2,1H3/t12-,13-/m1/s1. The molecule has 1 aliphatic heterocycles. The first kappa shape index (κ1) is 10.7. The summed E-state index contributed by atoms with van der Waals surface area (Å²) in [6.07, 6.45) is 2.74. The van der Waals surface area contributed by atoms with Crippen molar-refractivity contribution in [3.05, 3.63) is 35.9 Å². The van der Waals surface area contributed by atoms with E-state index in [-0.39, 0.29) is 6.10 Å². The lowest BCUT2D eigenvalue weighted by Gasteiger charge is -2.32. The van der Waals surface area contributed by atoms with Crippen LogP contribution in [0.5, 0.6) is 0 Å². The van der Waals surface area contributed by atoms with E-state index in [9.17, 15) is 0 Å². The van der Waals surface area contributed by atoms with Crippen LogP contribution in [-0.4, -0.2) is 20.2 Å². The number of hydrogen-bond donors (Lipinski definition) is 1. The fourth-order valence-electron chi connectivity index (χ4n) is 2.33. The molecule has 2 heteroatoms. The van der Waals surface area contributed by atoms with E-state index in [0.717, 1.165) is 13.2 Å². The zero-order chi connectivity index (χ0) is 10.5. The summed E-state index contributed by atoms with van der Waals surface area (Å²) >= 11 is 0. The van der Waals surface area contributed by atoms with Gasteiger partial charge < -0.3 is 10.1 Å². The first-order valence-corrected chi connectivity index (χ1v) is 5.73. The quantitative estimate of drug-likeness (QED) is 0.818. The third kappa shape index (κ3) is 2.58. The average Bonchev–Trinajstić information content (AvgIpc) is 2.31. The first-order chi connectivity index (χ1) is 7.42. The predicted octanol–water partition coefficient (Wildman–Crippen LogP) is 2.37. The molecule has 1 aromatic carbocycles. The Kier molecular flexibility index (Phi) is 3.75. The molecule has 1 N–H and O–H groups in total. The second kappa shape index (κ2) is 5.29. The van der Waals surface area contributed by atoms with Crippen LogP contribution in [0.4, 0.5) is 0 Å². The smallest absolute Gasteiger partial charge is 0.0865 e. The summed E-state index contributed by atoms with van der Waals surface area (Å²) in [4.78, 5) is 0. The van der Waals surface area contributed by atoms with Crippen molar-refractivity contribution in [3.8, 4) is 0 Å². The highest BCUT2D eigenvalue weighted by molar-refractivity contribution is 5.18. The molecular formula is C13H19NO. The number of hydrogen-bond acceptors (Lipinski definition) is 2. The monoisotopic (exact) mass is 205 g/mol. The summed E-state index contributed by atoms with van der Waals surface area (Å²) in [6, 6.07) is 10.6. The third-order valence-electron chi connectivity index (χ3n) is 3.04. The van der Waals surface area contributed by atoms with Gasteiger partial charge in [-0.1, -0.05) is 30.3 Å². The van der Waals surface area contributed by atoms with Crippen LogP contribution in [0, 0.1) is 5.92 Å². The molecule has 0 saturated carbocycles. The molecule has 0 amide bonds. The zero-order valence-electron chi connectivity index (χ0n) is 9.28. The van der Waals surface area contributed by atoms with Gasteiger partial charge in [0.05, 0.1) is 6.10 Å². The molecule has 1 aromatic rings. The van der Waals surface area contributed by atoms with E-state index < -0.39 is 0 Å². The van der Waals surface area contributed by atoms with Gasteiger partial charge in [0.25, 0.3) is 0 Å². The Labute approximate surface area is 91.6 Å².